The molecule has 0 saturated carbocycles. The van der Waals surface area contributed by atoms with Gasteiger partial charge in [0, 0.05) is 5.56 Å². The fourth-order valence-corrected chi connectivity index (χ4v) is 1.64. The van der Waals surface area contributed by atoms with Crippen LogP contribution in [-0.4, -0.2) is 25.8 Å². The molecule has 2 heterocycles. The number of H-pyrrole nitrogens is 1. The van der Waals surface area contributed by atoms with Gasteiger partial charge in [-0.2, -0.15) is 0 Å². The molecule has 1 aromatic carbocycles. The van der Waals surface area contributed by atoms with Crippen molar-refractivity contribution in [2.24, 2.45) is 0 Å². The van der Waals surface area contributed by atoms with Crippen molar-refractivity contribution in [3.05, 3.63) is 48.3 Å². The number of rotatable bonds is 2. The Kier molecular flexibility index (Phi) is 2.64. The number of halogens is 1. The van der Waals surface area contributed by atoms with Gasteiger partial charge in [-0.1, -0.05) is 0 Å². The van der Waals surface area contributed by atoms with Crippen LogP contribution in [0, 0.1) is 5.82 Å². The quantitative estimate of drug-likeness (QED) is 0.732. The summed E-state index contributed by atoms with van der Waals surface area (Å²) in [5.74, 6) is -0.444. The SMILES string of the molecule is O=C(Nc1ncnc2nc[nH]c12)c1ccc(F)cc1. The molecule has 94 valence electrons. The van der Waals surface area contributed by atoms with Crippen molar-refractivity contribution in [3.8, 4) is 0 Å². The van der Waals surface area contributed by atoms with Gasteiger partial charge in [0.15, 0.2) is 11.5 Å². The molecule has 0 aliphatic heterocycles. The number of imidazole rings is 1. The summed E-state index contributed by atoms with van der Waals surface area (Å²) in [6.45, 7) is 0. The lowest BCUT2D eigenvalue weighted by Gasteiger charge is -2.04. The molecule has 7 heteroatoms. The van der Waals surface area contributed by atoms with Gasteiger partial charge in [0.05, 0.1) is 6.33 Å². The summed E-state index contributed by atoms with van der Waals surface area (Å²) >= 11 is 0. The number of fused-ring (bicyclic) bond motifs is 1. The molecule has 2 N–H and O–H groups in total. The van der Waals surface area contributed by atoms with Crippen LogP contribution >= 0.6 is 0 Å². The number of hydrogen-bond acceptors (Lipinski definition) is 4. The molecule has 0 aliphatic carbocycles. The first kappa shape index (κ1) is 11.3. The van der Waals surface area contributed by atoms with Crippen molar-refractivity contribution in [2.75, 3.05) is 5.32 Å². The molecular weight excluding hydrogens is 249 g/mol. The molecule has 0 unspecified atom stereocenters. The second-order valence-corrected chi connectivity index (χ2v) is 3.78. The predicted octanol–water partition coefficient (Wildman–Crippen LogP) is 1.74. The Labute approximate surface area is 106 Å². The first-order valence-corrected chi connectivity index (χ1v) is 5.45. The van der Waals surface area contributed by atoms with Crippen LogP contribution < -0.4 is 5.32 Å². The minimum Gasteiger partial charge on any atom is -0.340 e. The highest BCUT2D eigenvalue weighted by Gasteiger charge is 2.11. The van der Waals surface area contributed by atoms with Crippen LogP contribution in [0.1, 0.15) is 10.4 Å². The standard InChI is InChI=1S/C12H8FN5O/c13-8-3-1-7(2-4-8)12(19)18-11-9-10(15-5-14-9)16-6-17-11/h1-6H,(H2,14,15,16,17,18,19). The molecule has 3 aromatic rings. The molecule has 0 aliphatic rings. The molecular formula is C12H8FN5O. The monoisotopic (exact) mass is 257 g/mol. The van der Waals surface area contributed by atoms with Crippen LogP contribution in [0.4, 0.5) is 10.2 Å². The number of aromatic amines is 1. The average molecular weight is 257 g/mol. The van der Waals surface area contributed by atoms with Crippen molar-refractivity contribution < 1.29 is 9.18 Å². The lowest BCUT2D eigenvalue weighted by atomic mass is 10.2. The van der Waals surface area contributed by atoms with Gasteiger partial charge in [0.25, 0.3) is 5.91 Å². The maximum atomic E-state index is 12.8. The van der Waals surface area contributed by atoms with Gasteiger partial charge in [-0.3, -0.25) is 4.79 Å². The first-order chi connectivity index (χ1) is 9.24. The number of aromatic nitrogens is 4. The van der Waals surface area contributed by atoms with Crippen molar-refractivity contribution in [1.82, 2.24) is 19.9 Å². The lowest BCUT2D eigenvalue weighted by Crippen LogP contribution is -2.13. The maximum absolute atomic E-state index is 12.8. The largest absolute Gasteiger partial charge is 0.340 e. The lowest BCUT2D eigenvalue weighted by molar-refractivity contribution is 0.102. The Hall–Kier alpha value is -2.83. The highest BCUT2D eigenvalue weighted by atomic mass is 19.1. The predicted molar refractivity (Wildman–Crippen MR) is 66.0 cm³/mol. The molecule has 6 nitrogen and oxygen atoms in total. The Morgan fingerprint density at radius 1 is 1.16 bits per heavy atom. The Morgan fingerprint density at radius 2 is 1.95 bits per heavy atom. The summed E-state index contributed by atoms with van der Waals surface area (Å²) in [4.78, 5) is 26.7. The van der Waals surface area contributed by atoms with E-state index in [9.17, 15) is 9.18 Å². The number of nitrogens with zero attached hydrogens (tertiary/aromatic N) is 3. The fourth-order valence-electron chi connectivity index (χ4n) is 1.64. The molecule has 0 spiro atoms. The van der Waals surface area contributed by atoms with Crippen molar-refractivity contribution >= 4 is 22.9 Å². The molecule has 0 atom stereocenters. The molecule has 19 heavy (non-hydrogen) atoms. The second-order valence-electron chi connectivity index (χ2n) is 3.78. The zero-order valence-corrected chi connectivity index (χ0v) is 9.59. The van der Waals surface area contributed by atoms with Gasteiger partial charge in [0.2, 0.25) is 0 Å². The van der Waals surface area contributed by atoms with E-state index in [0.29, 0.717) is 22.5 Å². The molecule has 3 rings (SSSR count). The maximum Gasteiger partial charge on any atom is 0.256 e. The van der Waals surface area contributed by atoms with Crippen LogP contribution in [0.5, 0.6) is 0 Å². The van der Waals surface area contributed by atoms with Crippen LogP contribution in [0.15, 0.2) is 36.9 Å². The van der Waals surface area contributed by atoms with Crippen LogP contribution in [-0.2, 0) is 0 Å². The number of carbonyl (C=O) groups is 1. The minimum atomic E-state index is -0.394. The Bertz CT molecular complexity index is 737. The normalized spacial score (nSPS) is 10.6. The zero-order chi connectivity index (χ0) is 13.2. The topological polar surface area (TPSA) is 83.6 Å². The van der Waals surface area contributed by atoms with Gasteiger partial charge < -0.3 is 10.3 Å². The van der Waals surface area contributed by atoms with Crippen LogP contribution in [0.2, 0.25) is 0 Å². The van der Waals surface area contributed by atoms with Gasteiger partial charge in [0.1, 0.15) is 17.7 Å². The number of anilines is 1. The summed E-state index contributed by atoms with van der Waals surface area (Å²) in [5, 5.41) is 2.62. The second kappa shape index (κ2) is 4.45. The first-order valence-electron chi connectivity index (χ1n) is 5.45. The van der Waals surface area contributed by atoms with E-state index in [2.05, 4.69) is 25.3 Å². The van der Waals surface area contributed by atoms with Gasteiger partial charge in [-0.25, -0.2) is 19.3 Å². The number of hydrogen-bond donors (Lipinski definition) is 2. The summed E-state index contributed by atoms with van der Waals surface area (Å²) in [6.07, 6.45) is 2.77. The summed E-state index contributed by atoms with van der Waals surface area (Å²) in [5.41, 5.74) is 1.34. The Morgan fingerprint density at radius 3 is 2.74 bits per heavy atom. The summed E-state index contributed by atoms with van der Waals surface area (Å²) in [6, 6.07) is 5.24. The molecule has 2 aromatic heterocycles. The smallest absolute Gasteiger partial charge is 0.256 e. The highest BCUT2D eigenvalue weighted by molar-refractivity contribution is 6.06. The van der Waals surface area contributed by atoms with E-state index in [1.54, 1.807) is 0 Å². The minimum absolute atomic E-state index is 0.330. The number of carbonyl (C=O) groups excluding carboxylic acids is 1. The third-order valence-corrected chi connectivity index (χ3v) is 2.56. The van der Waals surface area contributed by atoms with Crippen LogP contribution in [0.25, 0.3) is 11.2 Å². The summed E-state index contributed by atoms with van der Waals surface area (Å²) in [7, 11) is 0. The third kappa shape index (κ3) is 2.13. The van der Waals surface area contributed by atoms with E-state index >= 15 is 0 Å². The molecule has 0 radical (unpaired) electrons. The van der Waals surface area contributed by atoms with Crippen molar-refractivity contribution in [1.29, 1.82) is 0 Å². The van der Waals surface area contributed by atoms with E-state index in [-0.39, 0.29) is 5.91 Å². The fraction of sp³-hybridized carbons (Fsp3) is 0. The number of amides is 1. The van der Waals surface area contributed by atoms with Crippen LogP contribution in [0.3, 0.4) is 0 Å². The van der Waals surface area contributed by atoms with Crippen molar-refractivity contribution in [3.63, 3.8) is 0 Å². The van der Waals surface area contributed by atoms with E-state index in [1.165, 1.54) is 36.9 Å². The van der Waals surface area contributed by atoms with E-state index in [0.717, 1.165) is 0 Å². The molecule has 0 saturated heterocycles. The Balaban J connectivity index is 1.90. The van der Waals surface area contributed by atoms with Gasteiger partial charge in [-0.15, -0.1) is 0 Å². The number of benzene rings is 1. The zero-order valence-electron chi connectivity index (χ0n) is 9.59. The molecule has 1 amide bonds. The number of nitrogens with one attached hydrogen (secondary N) is 2. The highest BCUT2D eigenvalue weighted by Crippen LogP contribution is 2.15. The third-order valence-electron chi connectivity index (χ3n) is 2.56. The molecule has 0 fully saturated rings. The average Bonchev–Trinajstić information content (AvgIpc) is 2.89. The van der Waals surface area contributed by atoms with E-state index in [4.69, 9.17) is 0 Å². The van der Waals surface area contributed by atoms with E-state index < -0.39 is 5.82 Å². The molecule has 0 bridgehead atoms. The van der Waals surface area contributed by atoms with Gasteiger partial charge in [-0.05, 0) is 24.3 Å². The summed E-state index contributed by atoms with van der Waals surface area (Å²) < 4.78 is 12.8. The van der Waals surface area contributed by atoms with Crippen molar-refractivity contribution in [2.45, 2.75) is 0 Å². The van der Waals surface area contributed by atoms with E-state index in [1.807, 2.05) is 0 Å². The van der Waals surface area contributed by atoms with Gasteiger partial charge >= 0.3 is 0 Å².